The first-order chi connectivity index (χ1) is 28.7. The third-order valence-corrected chi connectivity index (χ3v) is 11.6. The molecule has 58 heavy (non-hydrogen) atoms. The summed E-state index contributed by atoms with van der Waals surface area (Å²) in [6, 6.07) is 61.5. The summed E-state index contributed by atoms with van der Waals surface area (Å²) in [4.78, 5) is 15.8. The molecule has 0 N–H and O–H groups in total. The van der Waals surface area contributed by atoms with E-state index in [0.29, 0.717) is 17.5 Å². The van der Waals surface area contributed by atoms with E-state index < -0.39 is 0 Å². The van der Waals surface area contributed by atoms with Crippen LogP contribution in [-0.2, 0) is 6.42 Å². The minimum absolute atomic E-state index is 0.0442. The number of furan rings is 2. The molecule has 272 valence electrons. The van der Waals surface area contributed by atoms with E-state index in [1.165, 1.54) is 27.5 Å². The van der Waals surface area contributed by atoms with E-state index in [0.717, 1.165) is 78.1 Å². The van der Waals surface area contributed by atoms with Gasteiger partial charge < -0.3 is 8.83 Å². The highest BCUT2D eigenvalue weighted by atomic mass is 16.3. The fourth-order valence-corrected chi connectivity index (χ4v) is 8.73. The van der Waals surface area contributed by atoms with E-state index >= 15 is 0 Å². The minimum Gasteiger partial charge on any atom is -0.460 e. The maximum Gasteiger partial charge on any atom is 0.164 e. The van der Waals surface area contributed by atoms with Crippen molar-refractivity contribution in [3.8, 4) is 33.9 Å². The number of fused-ring (bicyclic) bond motifs is 8. The Balaban J connectivity index is 1.06. The molecule has 0 saturated carbocycles. The summed E-state index contributed by atoms with van der Waals surface area (Å²) >= 11 is 0. The lowest BCUT2D eigenvalue weighted by molar-refractivity contribution is 0.531. The standard InChI is InChI=1S/C53H33N3O2/c1-2-10-32(11-3-1)35-20-21-37-28-39(23-22-36(37)27-35)51-54-52(40-24-25-43-42-14-6-8-16-46(42)57-48(43)30-40)56-53(55-51)45-29-41(38-19-18-33-12-4-5-13-34(33)26-38)31-49-50(45)44-15-7-9-17-47(44)58-49/h1-30,41H,31H2. The van der Waals surface area contributed by atoms with E-state index in [9.17, 15) is 0 Å². The molecule has 0 spiro atoms. The Kier molecular flexibility index (Phi) is 7.29. The summed E-state index contributed by atoms with van der Waals surface area (Å²) in [5, 5.41) is 7.88. The molecule has 5 nitrogen and oxygen atoms in total. The third-order valence-electron chi connectivity index (χ3n) is 11.6. The Morgan fingerprint density at radius 2 is 0.983 bits per heavy atom. The molecule has 1 atom stereocenters. The normalized spacial score (nSPS) is 14.1. The van der Waals surface area contributed by atoms with Crippen molar-refractivity contribution in [3.05, 3.63) is 205 Å². The topological polar surface area (TPSA) is 65.0 Å². The fraction of sp³-hybridized carbons (Fsp3) is 0.0377. The number of para-hydroxylation sites is 2. The lowest BCUT2D eigenvalue weighted by atomic mass is 9.83. The summed E-state index contributed by atoms with van der Waals surface area (Å²) in [5.74, 6) is 2.75. The van der Waals surface area contributed by atoms with Crippen LogP contribution < -0.4 is 0 Å². The van der Waals surface area contributed by atoms with Gasteiger partial charge in [-0.3, -0.25) is 0 Å². The van der Waals surface area contributed by atoms with Crippen molar-refractivity contribution >= 4 is 60.0 Å². The summed E-state index contributed by atoms with van der Waals surface area (Å²) in [6.45, 7) is 0. The van der Waals surface area contributed by atoms with E-state index in [2.05, 4.69) is 146 Å². The van der Waals surface area contributed by atoms with Crippen LogP contribution in [0.3, 0.4) is 0 Å². The maximum atomic E-state index is 6.65. The lowest BCUT2D eigenvalue weighted by Gasteiger charge is -2.22. The van der Waals surface area contributed by atoms with Crippen molar-refractivity contribution in [2.24, 2.45) is 0 Å². The molecule has 5 heteroatoms. The molecule has 3 aromatic heterocycles. The van der Waals surface area contributed by atoms with E-state index in [1.807, 2.05) is 36.4 Å². The van der Waals surface area contributed by atoms with Gasteiger partial charge in [-0.25, -0.2) is 15.0 Å². The zero-order valence-corrected chi connectivity index (χ0v) is 31.3. The monoisotopic (exact) mass is 743 g/mol. The van der Waals surface area contributed by atoms with Crippen LogP contribution in [0.15, 0.2) is 191 Å². The molecular weight excluding hydrogens is 711 g/mol. The fourth-order valence-electron chi connectivity index (χ4n) is 8.73. The first kappa shape index (κ1) is 32.6. The first-order valence-electron chi connectivity index (χ1n) is 19.7. The van der Waals surface area contributed by atoms with E-state index in [1.54, 1.807) is 0 Å². The van der Waals surface area contributed by atoms with Crippen LogP contribution in [-0.4, -0.2) is 15.0 Å². The molecule has 0 fully saturated rings. The molecule has 11 aromatic rings. The van der Waals surface area contributed by atoms with Crippen LogP contribution >= 0.6 is 0 Å². The van der Waals surface area contributed by atoms with Gasteiger partial charge in [0.15, 0.2) is 17.5 Å². The van der Waals surface area contributed by atoms with Crippen molar-refractivity contribution in [1.29, 1.82) is 0 Å². The Bertz CT molecular complexity index is 3450. The SMILES string of the molecule is C1=C(c2nc(-c3ccc4cc(-c5ccccc5)ccc4c3)nc(-c3ccc4c(c3)oc3ccccc34)n2)c2c(oc3ccccc23)CC1c1ccc2ccccc2c1. The Hall–Kier alpha value is -7.63. The molecule has 0 saturated heterocycles. The van der Waals surface area contributed by atoms with Crippen LogP contribution in [0.2, 0.25) is 0 Å². The number of allylic oxidation sites excluding steroid dienone is 1. The van der Waals surface area contributed by atoms with Gasteiger partial charge >= 0.3 is 0 Å². The first-order valence-corrected chi connectivity index (χ1v) is 19.7. The van der Waals surface area contributed by atoms with Crippen LogP contribution in [0.1, 0.15) is 28.6 Å². The number of hydrogen-bond acceptors (Lipinski definition) is 5. The number of aromatic nitrogens is 3. The second-order valence-electron chi connectivity index (χ2n) is 15.2. The van der Waals surface area contributed by atoms with E-state index in [4.69, 9.17) is 23.8 Å². The average Bonchev–Trinajstić information content (AvgIpc) is 3.86. The smallest absolute Gasteiger partial charge is 0.164 e. The Labute approximate surface area is 333 Å². The van der Waals surface area contributed by atoms with Crippen molar-refractivity contribution in [2.75, 3.05) is 0 Å². The van der Waals surface area contributed by atoms with Gasteiger partial charge in [0.2, 0.25) is 0 Å². The molecule has 1 aliphatic carbocycles. The van der Waals surface area contributed by atoms with Gasteiger partial charge in [0.05, 0.1) is 0 Å². The summed E-state index contributed by atoms with van der Waals surface area (Å²) < 4.78 is 13.0. The maximum absolute atomic E-state index is 6.65. The van der Waals surface area contributed by atoms with Crippen molar-refractivity contribution in [2.45, 2.75) is 12.3 Å². The summed E-state index contributed by atoms with van der Waals surface area (Å²) in [6.07, 6.45) is 3.07. The predicted octanol–water partition coefficient (Wildman–Crippen LogP) is 13.6. The summed E-state index contributed by atoms with van der Waals surface area (Å²) in [5.41, 5.74) is 9.82. The summed E-state index contributed by atoms with van der Waals surface area (Å²) in [7, 11) is 0. The van der Waals surface area contributed by atoms with Crippen LogP contribution in [0.4, 0.5) is 0 Å². The highest BCUT2D eigenvalue weighted by Gasteiger charge is 2.30. The van der Waals surface area contributed by atoms with Gasteiger partial charge in [0.25, 0.3) is 0 Å². The molecule has 0 radical (unpaired) electrons. The highest BCUT2D eigenvalue weighted by molar-refractivity contribution is 6.06. The van der Waals surface area contributed by atoms with Gasteiger partial charge in [0.1, 0.15) is 22.5 Å². The molecule has 0 amide bonds. The molecule has 0 bridgehead atoms. The molecular formula is C53H33N3O2. The quantitative estimate of drug-likeness (QED) is 0.176. The minimum atomic E-state index is 0.0442. The third kappa shape index (κ3) is 5.43. The zero-order chi connectivity index (χ0) is 38.2. The second-order valence-corrected chi connectivity index (χ2v) is 15.2. The van der Waals surface area contributed by atoms with Crippen molar-refractivity contribution < 1.29 is 8.83 Å². The number of hydrogen-bond donors (Lipinski definition) is 0. The molecule has 1 unspecified atom stereocenters. The molecule has 0 aliphatic heterocycles. The number of benzene rings is 8. The van der Waals surface area contributed by atoms with Crippen LogP contribution in [0.5, 0.6) is 0 Å². The van der Waals surface area contributed by atoms with Crippen LogP contribution in [0.25, 0.3) is 93.9 Å². The molecule has 8 aromatic carbocycles. The van der Waals surface area contributed by atoms with E-state index in [-0.39, 0.29) is 5.92 Å². The number of nitrogens with zero attached hydrogens (tertiary/aromatic N) is 3. The van der Waals surface area contributed by atoms with Gasteiger partial charge in [-0.05, 0) is 74.6 Å². The predicted molar refractivity (Wildman–Crippen MR) is 235 cm³/mol. The Morgan fingerprint density at radius 3 is 1.81 bits per heavy atom. The van der Waals surface area contributed by atoms with Crippen LogP contribution in [0, 0.1) is 0 Å². The van der Waals surface area contributed by atoms with Gasteiger partial charge in [0, 0.05) is 50.8 Å². The van der Waals surface area contributed by atoms with Crippen molar-refractivity contribution in [3.63, 3.8) is 0 Å². The van der Waals surface area contributed by atoms with Gasteiger partial charge in [-0.2, -0.15) is 0 Å². The van der Waals surface area contributed by atoms with Crippen molar-refractivity contribution in [1.82, 2.24) is 15.0 Å². The Morgan fingerprint density at radius 1 is 0.397 bits per heavy atom. The molecule has 12 rings (SSSR count). The second kappa shape index (κ2) is 13.0. The number of rotatable bonds is 5. The largest absolute Gasteiger partial charge is 0.460 e. The van der Waals surface area contributed by atoms with Gasteiger partial charge in [-0.1, -0.05) is 146 Å². The average molecular weight is 744 g/mol. The molecule has 1 aliphatic rings. The van der Waals surface area contributed by atoms with Gasteiger partial charge in [-0.15, -0.1) is 0 Å². The highest BCUT2D eigenvalue weighted by Crippen LogP contribution is 2.44. The zero-order valence-electron chi connectivity index (χ0n) is 31.3. The molecule has 3 heterocycles. The lowest BCUT2D eigenvalue weighted by Crippen LogP contribution is -2.11.